The Balaban J connectivity index is 1.53. The molecule has 2 heterocycles. The Morgan fingerprint density at radius 3 is 2.29 bits per heavy atom. The molecule has 0 radical (unpaired) electrons. The molecule has 0 unspecified atom stereocenters. The van der Waals surface area contributed by atoms with E-state index in [2.05, 4.69) is 81.0 Å². The van der Waals surface area contributed by atoms with E-state index in [4.69, 9.17) is 5.79 Å². The molecule has 2 aromatic heterocycles. The van der Waals surface area contributed by atoms with Gasteiger partial charge in [0.15, 0.2) is 5.58 Å². The van der Waals surface area contributed by atoms with Gasteiger partial charge in [0.1, 0.15) is 23.1 Å². The molecule has 6 aromatic rings. The largest absolute Gasteiger partial charge is 0.452 e. The lowest BCUT2D eigenvalue weighted by atomic mass is 9.82. The van der Waals surface area contributed by atoms with Gasteiger partial charge in [-0.2, -0.15) is 0 Å². The smallest absolute Gasteiger partial charge is 0.180 e. The van der Waals surface area contributed by atoms with Crippen LogP contribution in [0, 0.1) is 13.8 Å². The van der Waals surface area contributed by atoms with Crippen LogP contribution in [-0.2, 0) is 5.41 Å². The van der Waals surface area contributed by atoms with E-state index in [0.29, 0.717) is 17.3 Å². The van der Waals surface area contributed by atoms with Crippen LogP contribution in [0.4, 0.5) is 0 Å². The van der Waals surface area contributed by atoms with Crippen molar-refractivity contribution in [2.24, 2.45) is 0 Å². The van der Waals surface area contributed by atoms with Gasteiger partial charge >= 0.3 is 0 Å². The minimum Gasteiger partial charge on any atom is -0.452 e. The van der Waals surface area contributed by atoms with Gasteiger partial charge in [-0.1, -0.05) is 75.3 Å². The maximum Gasteiger partial charge on any atom is 0.180 e. The van der Waals surface area contributed by atoms with Gasteiger partial charge in [-0.3, -0.25) is 0 Å². The molecule has 0 N–H and O–H groups in total. The van der Waals surface area contributed by atoms with Crippen LogP contribution in [0.25, 0.3) is 55.2 Å². The molecule has 35 heavy (non-hydrogen) atoms. The molecular formula is C32H28N2O. The van der Waals surface area contributed by atoms with Gasteiger partial charge < -0.3 is 4.42 Å². The highest BCUT2D eigenvalue weighted by molar-refractivity contribution is 6.07. The first-order valence-electron chi connectivity index (χ1n) is 12.5. The van der Waals surface area contributed by atoms with Gasteiger partial charge in [0, 0.05) is 10.9 Å². The van der Waals surface area contributed by atoms with Crippen molar-refractivity contribution in [1.82, 2.24) is 9.97 Å². The van der Waals surface area contributed by atoms with E-state index >= 15 is 0 Å². The van der Waals surface area contributed by atoms with Crippen LogP contribution in [0.3, 0.4) is 0 Å². The van der Waals surface area contributed by atoms with Crippen LogP contribution in [0.1, 0.15) is 38.8 Å². The molecule has 0 amide bonds. The van der Waals surface area contributed by atoms with Crippen molar-refractivity contribution in [3.05, 3.63) is 95.8 Å². The zero-order valence-corrected chi connectivity index (χ0v) is 20.7. The lowest BCUT2D eigenvalue weighted by Gasteiger charge is -2.22. The topological polar surface area (TPSA) is 38.9 Å². The summed E-state index contributed by atoms with van der Waals surface area (Å²) in [6.07, 6.45) is 1.58. The normalized spacial score (nSPS) is 12.5. The number of nitrogens with zero attached hydrogens (tertiary/aromatic N) is 2. The Hall–Kier alpha value is -3.98. The summed E-state index contributed by atoms with van der Waals surface area (Å²) >= 11 is 0. The highest BCUT2D eigenvalue weighted by Gasteiger charge is 2.19. The summed E-state index contributed by atoms with van der Waals surface area (Å²) in [5.41, 5.74) is 10.1. The minimum atomic E-state index is 0.105. The Labute approximate surface area is 206 Å². The maximum atomic E-state index is 8.51. The monoisotopic (exact) mass is 457 g/mol. The molecule has 6 rings (SSSR count). The molecule has 0 aliphatic heterocycles. The molecule has 0 fully saturated rings. The van der Waals surface area contributed by atoms with E-state index in [1.54, 1.807) is 6.33 Å². The first kappa shape index (κ1) is 20.4. The third kappa shape index (κ3) is 3.59. The zero-order chi connectivity index (χ0) is 25.2. The van der Waals surface area contributed by atoms with Gasteiger partial charge in [0.05, 0.1) is 1.37 Å². The number of aryl methyl sites for hydroxylation is 2. The summed E-state index contributed by atoms with van der Waals surface area (Å²) in [5, 5.41) is 2.89. The number of benzene rings is 4. The van der Waals surface area contributed by atoms with Gasteiger partial charge in [-0.05, 0) is 76.1 Å². The van der Waals surface area contributed by atoms with Crippen LogP contribution in [0.2, 0.25) is 0 Å². The first-order chi connectivity index (χ1) is 17.2. The number of fused-ring (bicyclic) bond motifs is 4. The summed E-state index contributed by atoms with van der Waals surface area (Å²) in [4.78, 5) is 9.14. The van der Waals surface area contributed by atoms with Crippen LogP contribution < -0.4 is 0 Å². The van der Waals surface area contributed by atoms with Crippen molar-refractivity contribution in [3.8, 4) is 22.4 Å². The second-order valence-electron chi connectivity index (χ2n) is 10.4. The molecule has 0 aliphatic rings. The van der Waals surface area contributed by atoms with Crippen LogP contribution in [0.5, 0.6) is 0 Å². The van der Waals surface area contributed by atoms with Crippen molar-refractivity contribution >= 4 is 32.8 Å². The fraction of sp³-hybridized carbons (Fsp3) is 0.188. The van der Waals surface area contributed by atoms with E-state index in [1.807, 2.05) is 30.3 Å². The number of hydrogen-bond donors (Lipinski definition) is 0. The molecular weight excluding hydrogens is 428 g/mol. The van der Waals surface area contributed by atoms with E-state index in [0.717, 1.165) is 38.4 Å². The molecule has 3 heteroatoms. The van der Waals surface area contributed by atoms with Crippen molar-refractivity contribution in [1.29, 1.82) is 0 Å². The standard InChI is InChI=1S/C32H28N2O/c1-19-14-25(32(3,4)5)15-20(2)28(19)23-12-13-26-27(17-23)35-31-29(33-18-34-30(26)31)24-11-10-21-8-6-7-9-22(21)16-24/h6-18H,1-5H3/i10D. The SMILES string of the molecule is [2H]c1cc(-c2ncnc3c2oc2cc(-c4c(C)cc(C(C)(C)C)cc4C)ccc23)cc2ccccc12. The Morgan fingerprint density at radius 2 is 1.54 bits per heavy atom. The van der Waals surface area contributed by atoms with Crippen molar-refractivity contribution in [2.45, 2.75) is 40.0 Å². The zero-order valence-electron chi connectivity index (χ0n) is 21.7. The van der Waals surface area contributed by atoms with E-state index in [9.17, 15) is 0 Å². The highest BCUT2D eigenvalue weighted by Crippen LogP contribution is 2.38. The van der Waals surface area contributed by atoms with E-state index < -0.39 is 0 Å². The van der Waals surface area contributed by atoms with Crippen LogP contribution in [0.15, 0.2) is 83.5 Å². The summed E-state index contributed by atoms with van der Waals surface area (Å²) < 4.78 is 14.9. The third-order valence-corrected chi connectivity index (χ3v) is 6.87. The molecule has 172 valence electrons. The average molecular weight is 458 g/mol. The molecule has 0 saturated heterocycles. The lowest BCUT2D eigenvalue weighted by Crippen LogP contribution is -2.12. The summed E-state index contributed by atoms with van der Waals surface area (Å²) in [6.45, 7) is 11.1. The predicted octanol–water partition coefficient (Wildman–Crippen LogP) is 8.78. The molecule has 3 nitrogen and oxygen atoms in total. The number of furan rings is 1. The predicted molar refractivity (Wildman–Crippen MR) is 146 cm³/mol. The van der Waals surface area contributed by atoms with Gasteiger partial charge in [-0.25, -0.2) is 9.97 Å². The minimum absolute atomic E-state index is 0.105. The second kappa shape index (κ2) is 7.78. The summed E-state index contributed by atoms with van der Waals surface area (Å²) in [6, 6.07) is 23.3. The molecule has 0 bridgehead atoms. The lowest BCUT2D eigenvalue weighted by molar-refractivity contribution is 0.589. The van der Waals surface area contributed by atoms with Crippen LogP contribution in [-0.4, -0.2) is 9.97 Å². The Bertz CT molecular complexity index is 1780. The fourth-order valence-corrected chi connectivity index (χ4v) is 5.04. The van der Waals surface area contributed by atoms with Crippen molar-refractivity contribution < 1.29 is 5.79 Å². The maximum absolute atomic E-state index is 8.51. The number of aromatic nitrogens is 2. The van der Waals surface area contributed by atoms with Crippen molar-refractivity contribution in [3.63, 3.8) is 0 Å². The number of rotatable bonds is 2. The molecule has 0 saturated carbocycles. The van der Waals surface area contributed by atoms with Crippen molar-refractivity contribution in [2.75, 3.05) is 0 Å². The second-order valence-corrected chi connectivity index (χ2v) is 10.4. The fourth-order valence-electron chi connectivity index (χ4n) is 5.04. The van der Waals surface area contributed by atoms with E-state index in [-0.39, 0.29) is 5.41 Å². The summed E-state index contributed by atoms with van der Waals surface area (Å²) in [5.74, 6) is 0. The Kier molecular flexibility index (Phi) is 4.53. The van der Waals surface area contributed by atoms with Crippen LogP contribution >= 0.6 is 0 Å². The Morgan fingerprint density at radius 1 is 0.800 bits per heavy atom. The highest BCUT2D eigenvalue weighted by atomic mass is 16.3. The van der Waals surface area contributed by atoms with E-state index in [1.165, 1.54) is 22.3 Å². The third-order valence-electron chi connectivity index (χ3n) is 6.87. The summed E-state index contributed by atoms with van der Waals surface area (Å²) in [7, 11) is 0. The van der Waals surface area contributed by atoms with Gasteiger partial charge in [0.2, 0.25) is 0 Å². The molecule has 0 atom stereocenters. The first-order valence-corrected chi connectivity index (χ1v) is 12.0. The van der Waals surface area contributed by atoms with Gasteiger partial charge in [-0.15, -0.1) is 0 Å². The molecule has 4 aromatic carbocycles. The quantitative estimate of drug-likeness (QED) is 0.261. The molecule has 0 spiro atoms. The average Bonchev–Trinajstić information content (AvgIpc) is 3.21. The molecule has 0 aliphatic carbocycles. The van der Waals surface area contributed by atoms with Gasteiger partial charge in [0.25, 0.3) is 0 Å². The number of hydrogen-bond acceptors (Lipinski definition) is 3.